The first-order valence-corrected chi connectivity index (χ1v) is 6.06. The van der Waals surface area contributed by atoms with E-state index in [-0.39, 0.29) is 5.82 Å². The Morgan fingerprint density at radius 1 is 1.10 bits per heavy atom. The second kappa shape index (κ2) is 6.52. The van der Waals surface area contributed by atoms with Crippen molar-refractivity contribution in [2.45, 2.75) is 0 Å². The van der Waals surface area contributed by atoms with Crippen molar-refractivity contribution < 1.29 is 13.9 Å². The highest BCUT2D eigenvalue weighted by Crippen LogP contribution is 2.19. The lowest BCUT2D eigenvalue weighted by molar-refractivity contribution is -0.134. The van der Waals surface area contributed by atoms with Crippen LogP contribution in [0, 0.1) is 5.82 Å². The molecule has 102 valence electrons. The molecule has 0 spiro atoms. The molecule has 0 heterocycles. The second-order valence-corrected chi connectivity index (χ2v) is 4.08. The zero-order valence-corrected chi connectivity index (χ0v) is 11.0. The summed E-state index contributed by atoms with van der Waals surface area (Å²) in [4.78, 5) is 11.4. The van der Waals surface area contributed by atoms with Gasteiger partial charge < -0.3 is 10.1 Å². The Morgan fingerprint density at radius 3 is 2.35 bits per heavy atom. The average Bonchev–Trinajstić information content (AvgIpc) is 2.49. The number of rotatable bonds is 4. The van der Waals surface area contributed by atoms with Gasteiger partial charge in [0.05, 0.1) is 12.8 Å². The quantitative estimate of drug-likeness (QED) is 0.683. The number of carbonyl (C=O) groups excluding carboxylic acids is 1. The van der Waals surface area contributed by atoms with E-state index in [1.165, 1.54) is 25.3 Å². The summed E-state index contributed by atoms with van der Waals surface area (Å²) in [6, 6.07) is 15.3. The molecule has 0 aliphatic carbocycles. The van der Waals surface area contributed by atoms with E-state index >= 15 is 0 Å². The fraction of sp³-hybridized carbons (Fsp3) is 0.0625. The van der Waals surface area contributed by atoms with E-state index in [0.717, 1.165) is 5.56 Å². The van der Waals surface area contributed by atoms with Gasteiger partial charge in [-0.15, -0.1) is 0 Å². The SMILES string of the molecule is COC(=O)/C=C(\Nc1ccc(F)cc1)c1ccccc1. The molecule has 0 saturated heterocycles. The fourth-order valence-corrected chi connectivity index (χ4v) is 1.67. The van der Waals surface area contributed by atoms with Crippen LogP contribution in [0.4, 0.5) is 10.1 Å². The highest BCUT2D eigenvalue weighted by atomic mass is 19.1. The van der Waals surface area contributed by atoms with Crippen molar-refractivity contribution in [1.82, 2.24) is 0 Å². The summed E-state index contributed by atoms with van der Waals surface area (Å²) in [5, 5.41) is 3.08. The van der Waals surface area contributed by atoms with Gasteiger partial charge in [-0.3, -0.25) is 0 Å². The zero-order valence-electron chi connectivity index (χ0n) is 11.0. The summed E-state index contributed by atoms with van der Waals surface area (Å²) in [6.07, 6.45) is 1.36. The molecular formula is C16H14FNO2. The van der Waals surface area contributed by atoms with Crippen molar-refractivity contribution in [2.24, 2.45) is 0 Å². The van der Waals surface area contributed by atoms with Gasteiger partial charge in [-0.05, 0) is 29.8 Å². The second-order valence-electron chi connectivity index (χ2n) is 4.08. The van der Waals surface area contributed by atoms with Crippen molar-refractivity contribution in [1.29, 1.82) is 0 Å². The highest BCUT2D eigenvalue weighted by Gasteiger charge is 2.05. The lowest BCUT2D eigenvalue weighted by Crippen LogP contribution is -2.04. The standard InChI is InChI=1S/C16H14FNO2/c1-20-16(19)11-15(12-5-3-2-4-6-12)18-14-9-7-13(17)8-10-14/h2-11,18H,1H3/b15-11-. The summed E-state index contributed by atoms with van der Waals surface area (Å²) in [5.41, 5.74) is 2.11. The lowest BCUT2D eigenvalue weighted by atomic mass is 10.1. The van der Waals surface area contributed by atoms with Crippen molar-refractivity contribution in [3.63, 3.8) is 0 Å². The molecule has 0 radical (unpaired) electrons. The Balaban J connectivity index is 2.30. The van der Waals surface area contributed by atoms with Crippen LogP contribution in [0.5, 0.6) is 0 Å². The number of anilines is 1. The molecule has 20 heavy (non-hydrogen) atoms. The number of methoxy groups -OCH3 is 1. The molecule has 0 aliphatic rings. The van der Waals surface area contributed by atoms with Crippen molar-refractivity contribution >= 4 is 17.4 Å². The van der Waals surface area contributed by atoms with Gasteiger partial charge in [-0.2, -0.15) is 0 Å². The summed E-state index contributed by atoms with van der Waals surface area (Å²) < 4.78 is 17.5. The first-order chi connectivity index (χ1) is 9.69. The first-order valence-electron chi connectivity index (χ1n) is 6.06. The van der Waals surface area contributed by atoms with E-state index in [1.807, 2.05) is 30.3 Å². The molecule has 0 unspecified atom stereocenters. The van der Waals surface area contributed by atoms with E-state index in [2.05, 4.69) is 10.1 Å². The van der Waals surface area contributed by atoms with Crippen LogP contribution < -0.4 is 5.32 Å². The number of nitrogens with one attached hydrogen (secondary N) is 1. The first kappa shape index (κ1) is 13.8. The van der Waals surface area contributed by atoms with Gasteiger partial charge in [-0.25, -0.2) is 9.18 Å². The molecule has 0 saturated carbocycles. The number of esters is 1. The van der Waals surface area contributed by atoms with E-state index in [0.29, 0.717) is 11.4 Å². The van der Waals surface area contributed by atoms with Crippen molar-refractivity contribution in [2.75, 3.05) is 12.4 Å². The topological polar surface area (TPSA) is 38.3 Å². The Bertz CT molecular complexity index is 606. The molecule has 3 nitrogen and oxygen atoms in total. The summed E-state index contributed by atoms with van der Waals surface area (Å²) in [7, 11) is 1.32. The fourth-order valence-electron chi connectivity index (χ4n) is 1.67. The number of carbonyl (C=O) groups is 1. The predicted octanol–water partition coefficient (Wildman–Crippen LogP) is 3.45. The molecule has 0 atom stereocenters. The van der Waals surface area contributed by atoms with Crippen LogP contribution in [-0.4, -0.2) is 13.1 Å². The normalized spacial score (nSPS) is 11.0. The van der Waals surface area contributed by atoms with Gasteiger partial charge in [0.25, 0.3) is 0 Å². The third kappa shape index (κ3) is 3.68. The van der Waals surface area contributed by atoms with Crippen LogP contribution in [0.1, 0.15) is 5.56 Å². The van der Waals surface area contributed by atoms with Crippen LogP contribution in [0.15, 0.2) is 60.7 Å². The van der Waals surface area contributed by atoms with Crippen LogP contribution in [0.25, 0.3) is 5.70 Å². The van der Waals surface area contributed by atoms with E-state index in [1.54, 1.807) is 12.1 Å². The Morgan fingerprint density at radius 2 is 1.75 bits per heavy atom. The highest BCUT2D eigenvalue weighted by molar-refractivity contribution is 5.94. The molecule has 4 heteroatoms. The van der Waals surface area contributed by atoms with Gasteiger partial charge in [0.15, 0.2) is 0 Å². The Hall–Kier alpha value is -2.62. The molecule has 2 aromatic carbocycles. The van der Waals surface area contributed by atoms with Gasteiger partial charge in [0, 0.05) is 11.8 Å². The maximum absolute atomic E-state index is 12.9. The molecule has 2 rings (SSSR count). The van der Waals surface area contributed by atoms with Gasteiger partial charge in [0.1, 0.15) is 5.82 Å². The summed E-state index contributed by atoms with van der Waals surface area (Å²) in [5.74, 6) is -0.771. The van der Waals surface area contributed by atoms with Crippen LogP contribution >= 0.6 is 0 Å². The van der Waals surface area contributed by atoms with Crippen molar-refractivity contribution in [3.8, 4) is 0 Å². The zero-order chi connectivity index (χ0) is 14.4. The molecule has 1 N–H and O–H groups in total. The number of halogens is 1. The maximum Gasteiger partial charge on any atom is 0.332 e. The third-order valence-electron chi connectivity index (χ3n) is 2.67. The Kier molecular flexibility index (Phi) is 4.50. The average molecular weight is 271 g/mol. The number of ether oxygens (including phenoxy) is 1. The monoisotopic (exact) mass is 271 g/mol. The number of hydrogen-bond acceptors (Lipinski definition) is 3. The van der Waals surface area contributed by atoms with Gasteiger partial charge in [0.2, 0.25) is 0 Å². The minimum absolute atomic E-state index is 0.311. The summed E-state index contributed by atoms with van der Waals surface area (Å²) in [6.45, 7) is 0. The van der Waals surface area contributed by atoms with Crippen LogP contribution in [0.3, 0.4) is 0 Å². The molecule has 0 bridgehead atoms. The minimum atomic E-state index is -0.460. The lowest BCUT2D eigenvalue weighted by Gasteiger charge is -2.11. The van der Waals surface area contributed by atoms with E-state index < -0.39 is 5.97 Å². The molecule has 0 amide bonds. The molecule has 0 fully saturated rings. The van der Waals surface area contributed by atoms with E-state index in [9.17, 15) is 9.18 Å². The van der Waals surface area contributed by atoms with Crippen molar-refractivity contribution in [3.05, 3.63) is 72.1 Å². The number of hydrogen-bond donors (Lipinski definition) is 1. The minimum Gasteiger partial charge on any atom is -0.466 e. The predicted molar refractivity (Wildman–Crippen MR) is 76.5 cm³/mol. The van der Waals surface area contributed by atoms with Crippen LogP contribution in [0.2, 0.25) is 0 Å². The molecule has 0 aromatic heterocycles. The van der Waals surface area contributed by atoms with E-state index in [4.69, 9.17) is 0 Å². The summed E-state index contributed by atoms with van der Waals surface area (Å²) >= 11 is 0. The number of benzene rings is 2. The van der Waals surface area contributed by atoms with Gasteiger partial charge in [-0.1, -0.05) is 30.3 Å². The molecule has 2 aromatic rings. The maximum atomic E-state index is 12.9. The molecule has 0 aliphatic heterocycles. The largest absolute Gasteiger partial charge is 0.466 e. The van der Waals surface area contributed by atoms with Crippen LogP contribution in [-0.2, 0) is 9.53 Å². The Labute approximate surface area is 116 Å². The molecular weight excluding hydrogens is 257 g/mol. The smallest absolute Gasteiger partial charge is 0.332 e. The van der Waals surface area contributed by atoms with Gasteiger partial charge >= 0.3 is 5.97 Å². The third-order valence-corrected chi connectivity index (χ3v) is 2.67.